The lowest BCUT2D eigenvalue weighted by Crippen LogP contribution is -2.53. The van der Waals surface area contributed by atoms with Crippen LogP contribution in [0.1, 0.15) is 47.5 Å². The van der Waals surface area contributed by atoms with Gasteiger partial charge in [0, 0.05) is 50.8 Å². The summed E-state index contributed by atoms with van der Waals surface area (Å²) in [7, 11) is 0. The second-order valence-electron chi connectivity index (χ2n) is 8.06. The molecule has 2 aliphatic rings. The molecule has 0 aliphatic carbocycles. The van der Waals surface area contributed by atoms with Gasteiger partial charge in [-0.3, -0.25) is 9.80 Å². The van der Waals surface area contributed by atoms with Crippen molar-refractivity contribution in [3.05, 3.63) is 0 Å². The van der Waals surface area contributed by atoms with Crippen LogP contribution >= 0.6 is 0 Å². The molecule has 20 heavy (non-hydrogen) atoms. The minimum absolute atomic E-state index is 0.342. The third-order valence-corrected chi connectivity index (χ3v) is 5.12. The Morgan fingerprint density at radius 1 is 1.00 bits per heavy atom. The Balaban J connectivity index is 1.77. The Hall–Kier alpha value is -0.120. The van der Waals surface area contributed by atoms with E-state index >= 15 is 0 Å². The lowest BCUT2D eigenvalue weighted by Gasteiger charge is -2.44. The number of piperidine rings is 1. The number of hydrogen-bond acceptors (Lipinski definition) is 3. The van der Waals surface area contributed by atoms with Crippen molar-refractivity contribution >= 4 is 0 Å². The van der Waals surface area contributed by atoms with Crippen LogP contribution in [-0.2, 0) is 0 Å². The maximum atomic E-state index is 2.70. The summed E-state index contributed by atoms with van der Waals surface area (Å²) in [5.74, 6) is 0.883. The highest BCUT2D eigenvalue weighted by molar-refractivity contribution is 4.85. The average molecular weight is 281 g/mol. The van der Waals surface area contributed by atoms with Crippen molar-refractivity contribution in [1.29, 1.82) is 0 Å². The van der Waals surface area contributed by atoms with Crippen LogP contribution in [0.2, 0.25) is 0 Å². The fraction of sp³-hybridized carbons (Fsp3) is 1.00. The quantitative estimate of drug-likeness (QED) is 0.787. The fourth-order valence-electron chi connectivity index (χ4n) is 3.65. The van der Waals surface area contributed by atoms with Crippen LogP contribution in [0.15, 0.2) is 0 Å². The van der Waals surface area contributed by atoms with E-state index in [0.717, 1.165) is 5.92 Å². The van der Waals surface area contributed by atoms with Gasteiger partial charge in [0.05, 0.1) is 0 Å². The highest BCUT2D eigenvalue weighted by Gasteiger charge is 2.29. The Bertz CT molecular complexity index is 287. The normalized spacial score (nSPS) is 28.2. The van der Waals surface area contributed by atoms with E-state index in [4.69, 9.17) is 0 Å². The molecule has 0 spiro atoms. The van der Waals surface area contributed by atoms with E-state index in [0.29, 0.717) is 11.6 Å². The number of rotatable bonds is 3. The van der Waals surface area contributed by atoms with E-state index in [1.165, 1.54) is 58.7 Å². The van der Waals surface area contributed by atoms with Crippen molar-refractivity contribution in [1.82, 2.24) is 14.7 Å². The minimum atomic E-state index is 0.342. The second kappa shape index (κ2) is 6.76. The molecule has 1 atom stereocenters. The molecule has 2 saturated heterocycles. The van der Waals surface area contributed by atoms with E-state index in [9.17, 15) is 0 Å². The highest BCUT2D eigenvalue weighted by Crippen LogP contribution is 2.24. The maximum Gasteiger partial charge on any atom is 0.0125 e. The molecule has 3 heteroatoms. The third-order valence-electron chi connectivity index (χ3n) is 5.12. The second-order valence-corrected chi connectivity index (χ2v) is 8.06. The summed E-state index contributed by atoms with van der Waals surface area (Å²) >= 11 is 0. The van der Waals surface area contributed by atoms with Crippen LogP contribution in [0, 0.1) is 5.92 Å². The fourth-order valence-corrected chi connectivity index (χ4v) is 3.65. The zero-order valence-electron chi connectivity index (χ0n) is 14.4. The molecule has 118 valence electrons. The van der Waals surface area contributed by atoms with Gasteiger partial charge in [-0.05, 0) is 59.9 Å². The largest absolute Gasteiger partial charge is 0.300 e. The monoisotopic (exact) mass is 281 g/mol. The Kier molecular flexibility index (Phi) is 5.49. The molecule has 0 saturated carbocycles. The zero-order valence-corrected chi connectivity index (χ0v) is 14.4. The van der Waals surface area contributed by atoms with E-state index in [1.54, 1.807) is 0 Å². The summed E-state index contributed by atoms with van der Waals surface area (Å²) in [4.78, 5) is 8.00. The Labute approximate surface area is 126 Å². The standard InChI is InChI=1S/C17H35N3/c1-15(2)19-11-9-18(10-12-19)13-16-7-6-8-20(14-16)17(3,4)5/h15-16H,6-14H2,1-5H3/t16-/m1/s1. The average Bonchev–Trinajstić information content (AvgIpc) is 2.38. The highest BCUT2D eigenvalue weighted by atomic mass is 15.3. The molecular weight excluding hydrogens is 246 g/mol. The van der Waals surface area contributed by atoms with Gasteiger partial charge in [0.25, 0.3) is 0 Å². The van der Waals surface area contributed by atoms with Crippen molar-refractivity contribution in [3.63, 3.8) is 0 Å². The molecule has 0 amide bonds. The lowest BCUT2D eigenvalue weighted by molar-refractivity contribution is 0.0465. The Morgan fingerprint density at radius 3 is 2.20 bits per heavy atom. The summed E-state index contributed by atoms with van der Waals surface area (Å²) in [6, 6.07) is 0.711. The summed E-state index contributed by atoms with van der Waals surface area (Å²) in [6.45, 7) is 20.7. The van der Waals surface area contributed by atoms with Gasteiger partial charge in [0.1, 0.15) is 0 Å². The molecule has 2 fully saturated rings. The molecule has 0 bridgehead atoms. The van der Waals surface area contributed by atoms with Crippen molar-refractivity contribution in [2.45, 2.75) is 59.0 Å². The predicted molar refractivity (Wildman–Crippen MR) is 87.2 cm³/mol. The van der Waals surface area contributed by atoms with Gasteiger partial charge in [0.2, 0.25) is 0 Å². The number of piperazine rings is 1. The van der Waals surface area contributed by atoms with Gasteiger partial charge in [-0.2, -0.15) is 0 Å². The molecule has 0 unspecified atom stereocenters. The van der Waals surface area contributed by atoms with Crippen LogP contribution in [-0.4, -0.2) is 72.1 Å². The van der Waals surface area contributed by atoms with Gasteiger partial charge < -0.3 is 4.90 Å². The molecule has 2 aliphatic heterocycles. The van der Waals surface area contributed by atoms with Gasteiger partial charge >= 0.3 is 0 Å². The summed E-state index contributed by atoms with van der Waals surface area (Å²) < 4.78 is 0. The van der Waals surface area contributed by atoms with E-state index in [1.807, 2.05) is 0 Å². The third kappa shape index (κ3) is 4.44. The molecule has 0 radical (unpaired) electrons. The summed E-state index contributed by atoms with van der Waals surface area (Å²) in [5.41, 5.74) is 0.342. The molecule has 2 heterocycles. The van der Waals surface area contributed by atoms with Gasteiger partial charge in [0.15, 0.2) is 0 Å². The first-order chi connectivity index (χ1) is 9.36. The number of nitrogens with zero attached hydrogens (tertiary/aromatic N) is 3. The molecule has 0 aromatic rings. The first-order valence-electron chi connectivity index (χ1n) is 8.57. The first-order valence-corrected chi connectivity index (χ1v) is 8.57. The van der Waals surface area contributed by atoms with Crippen molar-refractivity contribution in [2.24, 2.45) is 5.92 Å². The molecule has 2 rings (SSSR count). The van der Waals surface area contributed by atoms with Gasteiger partial charge in [-0.15, -0.1) is 0 Å². The van der Waals surface area contributed by atoms with Crippen molar-refractivity contribution in [3.8, 4) is 0 Å². The van der Waals surface area contributed by atoms with E-state index in [-0.39, 0.29) is 0 Å². The van der Waals surface area contributed by atoms with Crippen molar-refractivity contribution in [2.75, 3.05) is 45.8 Å². The predicted octanol–water partition coefficient (Wildman–Crippen LogP) is 2.52. The van der Waals surface area contributed by atoms with Crippen LogP contribution < -0.4 is 0 Å². The topological polar surface area (TPSA) is 9.72 Å². The SMILES string of the molecule is CC(C)N1CCN(C[C@H]2CCCN(C(C)(C)C)C2)CC1. The van der Waals surface area contributed by atoms with Crippen LogP contribution in [0.5, 0.6) is 0 Å². The summed E-state index contributed by atoms with van der Waals surface area (Å²) in [5, 5.41) is 0. The molecular formula is C17H35N3. The van der Waals surface area contributed by atoms with E-state index in [2.05, 4.69) is 49.3 Å². The van der Waals surface area contributed by atoms with Crippen LogP contribution in [0.4, 0.5) is 0 Å². The first kappa shape index (κ1) is 16.3. The molecule has 0 aromatic carbocycles. The molecule has 3 nitrogen and oxygen atoms in total. The van der Waals surface area contributed by atoms with Gasteiger partial charge in [-0.1, -0.05) is 0 Å². The minimum Gasteiger partial charge on any atom is -0.300 e. The van der Waals surface area contributed by atoms with Gasteiger partial charge in [-0.25, -0.2) is 0 Å². The number of likely N-dealkylation sites (tertiary alicyclic amines) is 1. The van der Waals surface area contributed by atoms with E-state index < -0.39 is 0 Å². The maximum absolute atomic E-state index is 2.70. The zero-order chi connectivity index (χ0) is 14.8. The molecule has 0 aromatic heterocycles. The molecule has 0 N–H and O–H groups in total. The Morgan fingerprint density at radius 2 is 1.65 bits per heavy atom. The lowest BCUT2D eigenvalue weighted by atomic mass is 9.93. The van der Waals surface area contributed by atoms with Crippen molar-refractivity contribution < 1.29 is 0 Å². The smallest absolute Gasteiger partial charge is 0.0125 e. The summed E-state index contributed by atoms with van der Waals surface area (Å²) in [6.07, 6.45) is 2.81. The van der Waals surface area contributed by atoms with Crippen LogP contribution in [0.25, 0.3) is 0 Å². The number of hydrogen-bond donors (Lipinski definition) is 0. The van der Waals surface area contributed by atoms with Crippen LogP contribution in [0.3, 0.4) is 0 Å².